The SMILES string of the molecule is CCCC(CC(C)C)(OC)OCC. The lowest BCUT2D eigenvalue weighted by atomic mass is 9.98. The van der Waals surface area contributed by atoms with E-state index in [1.165, 1.54) is 0 Å². The highest BCUT2D eigenvalue weighted by Gasteiger charge is 2.29. The predicted octanol–water partition coefficient (Wildman–Crippen LogP) is 3.21. The Labute approximate surface area is 82.6 Å². The van der Waals surface area contributed by atoms with Crippen LogP contribution in [0.2, 0.25) is 0 Å². The van der Waals surface area contributed by atoms with Crippen LogP contribution in [0.4, 0.5) is 0 Å². The Bertz CT molecular complexity index is 115. The summed E-state index contributed by atoms with van der Waals surface area (Å²) >= 11 is 0. The second-order valence-electron chi connectivity index (χ2n) is 3.90. The second kappa shape index (κ2) is 6.39. The third kappa shape index (κ3) is 4.63. The first kappa shape index (κ1) is 12.9. The fourth-order valence-electron chi connectivity index (χ4n) is 1.74. The maximum Gasteiger partial charge on any atom is 0.168 e. The van der Waals surface area contributed by atoms with Crippen LogP contribution in [0.1, 0.15) is 47.0 Å². The molecule has 0 radical (unpaired) electrons. The Kier molecular flexibility index (Phi) is 6.35. The lowest BCUT2D eigenvalue weighted by Crippen LogP contribution is -2.36. The van der Waals surface area contributed by atoms with Gasteiger partial charge >= 0.3 is 0 Å². The van der Waals surface area contributed by atoms with Gasteiger partial charge in [-0.15, -0.1) is 0 Å². The average Bonchev–Trinajstić information content (AvgIpc) is 2.04. The van der Waals surface area contributed by atoms with Crippen molar-refractivity contribution < 1.29 is 9.47 Å². The Morgan fingerprint density at radius 2 is 1.85 bits per heavy atom. The van der Waals surface area contributed by atoms with E-state index in [4.69, 9.17) is 9.47 Å². The molecule has 0 aliphatic carbocycles. The third-order valence-corrected chi connectivity index (χ3v) is 2.13. The maximum absolute atomic E-state index is 5.71. The second-order valence-corrected chi connectivity index (χ2v) is 3.90. The molecule has 2 nitrogen and oxygen atoms in total. The topological polar surface area (TPSA) is 18.5 Å². The fourth-order valence-corrected chi connectivity index (χ4v) is 1.74. The molecule has 2 heteroatoms. The zero-order valence-electron chi connectivity index (χ0n) is 9.72. The zero-order chi connectivity index (χ0) is 10.3. The normalized spacial score (nSPS) is 16.2. The smallest absolute Gasteiger partial charge is 0.168 e. The highest BCUT2D eigenvalue weighted by atomic mass is 16.7. The van der Waals surface area contributed by atoms with Crippen LogP contribution in [0.15, 0.2) is 0 Å². The van der Waals surface area contributed by atoms with Gasteiger partial charge in [-0.05, 0) is 12.8 Å². The molecule has 0 amide bonds. The lowest BCUT2D eigenvalue weighted by molar-refractivity contribution is -0.233. The Hall–Kier alpha value is -0.0800. The van der Waals surface area contributed by atoms with Crippen molar-refractivity contribution >= 4 is 0 Å². The molecular formula is C11H24O2. The summed E-state index contributed by atoms with van der Waals surface area (Å²) in [5.41, 5.74) is 0. The quantitative estimate of drug-likeness (QED) is 0.571. The van der Waals surface area contributed by atoms with Gasteiger partial charge in [-0.2, -0.15) is 0 Å². The van der Waals surface area contributed by atoms with E-state index in [0.717, 1.165) is 25.9 Å². The van der Waals surface area contributed by atoms with Gasteiger partial charge in [0, 0.05) is 26.6 Å². The van der Waals surface area contributed by atoms with Gasteiger partial charge in [0.15, 0.2) is 5.79 Å². The minimum atomic E-state index is -0.336. The van der Waals surface area contributed by atoms with Crippen LogP contribution in [-0.4, -0.2) is 19.5 Å². The number of methoxy groups -OCH3 is 1. The molecule has 0 saturated heterocycles. The standard InChI is InChI=1S/C11H24O2/c1-6-8-11(12-5,13-7-2)9-10(3)4/h10H,6-9H2,1-5H3. The Morgan fingerprint density at radius 1 is 1.23 bits per heavy atom. The van der Waals surface area contributed by atoms with Crippen molar-refractivity contribution in [1.82, 2.24) is 0 Å². The molecule has 0 fully saturated rings. The van der Waals surface area contributed by atoms with E-state index in [0.29, 0.717) is 5.92 Å². The highest BCUT2D eigenvalue weighted by Crippen LogP contribution is 2.27. The van der Waals surface area contributed by atoms with Crippen LogP contribution in [0.25, 0.3) is 0 Å². The van der Waals surface area contributed by atoms with Crippen molar-refractivity contribution in [3.63, 3.8) is 0 Å². The van der Waals surface area contributed by atoms with Gasteiger partial charge < -0.3 is 9.47 Å². The molecule has 1 unspecified atom stereocenters. The van der Waals surface area contributed by atoms with Crippen molar-refractivity contribution in [3.05, 3.63) is 0 Å². The van der Waals surface area contributed by atoms with E-state index in [1.54, 1.807) is 7.11 Å². The van der Waals surface area contributed by atoms with Gasteiger partial charge in [0.2, 0.25) is 0 Å². The van der Waals surface area contributed by atoms with Crippen molar-refractivity contribution in [2.45, 2.75) is 52.7 Å². The number of rotatable bonds is 7. The fraction of sp³-hybridized carbons (Fsp3) is 1.00. The van der Waals surface area contributed by atoms with Crippen LogP contribution in [0.3, 0.4) is 0 Å². The van der Waals surface area contributed by atoms with Crippen LogP contribution < -0.4 is 0 Å². The number of hydrogen-bond donors (Lipinski definition) is 0. The Balaban J connectivity index is 4.24. The summed E-state index contributed by atoms with van der Waals surface area (Å²) < 4.78 is 11.2. The van der Waals surface area contributed by atoms with Crippen LogP contribution >= 0.6 is 0 Å². The molecule has 0 bridgehead atoms. The molecule has 0 aromatic heterocycles. The Morgan fingerprint density at radius 3 is 2.15 bits per heavy atom. The zero-order valence-corrected chi connectivity index (χ0v) is 9.72. The van der Waals surface area contributed by atoms with Gasteiger partial charge in [-0.25, -0.2) is 0 Å². The van der Waals surface area contributed by atoms with E-state index in [9.17, 15) is 0 Å². The summed E-state index contributed by atoms with van der Waals surface area (Å²) in [4.78, 5) is 0. The summed E-state index contributed by atoms with van der Waals surface area (Å²) in [5, 5.41) is 0. The van der Waals surface area contributed by atoms with Crippen molar-refractivity contribution in [2.24, 2.45) is 5.92 Å². The van der Waals surface area contributed by atoms with Gasteiger partial charge in [-0.3, -0.25) is 0 Å². The van der Waals surface area contributed by atoms with Crippen molar-refractivity contribution in [2.75, 3.05) is 13.7 Å². The third-order valence-electron chi connectivity index (χ3n) is 2.13. The molecule has 1 atom stereocenters. The first-order chi connectivity index (χ1) is 6.10. The monoisotopic (exact) mass is 188 g/mol. The van der Waals surface area contributed by atoms with E-state index in [-0.39, 0.29) is 5.79 Å². The van der Waals surface area contributed by atoms with Gasteiger partial charge in [0.1, 0.15) is 0 Å². The highest BCUT2D eigenvalue weighted by molar-refractivity contribution is 4.70. The van der Waals surface area contributed by atoms with Gasteiger partial charge in [0.25, 0.3) is 0 Å². The number of ether oxygens (including phenoxy) is 2. The predicted molar refractivity (Wildman–Crippen MR) is 55.7 cm³/mol. The average molecular weight is 188 g/mol. The number of hydrogen-bond acceptors (Lipinski definition) is 2. The lowest BCUT2D eigenvalue weighted by Gasteiger charge is -2.33. The summed E-state index contributed by atoms with van der Waals surface area (Å²) in [5.74, 6) is 0.274. The molecule has 13 heavy (non-hydrogen) atoms. The molecule has 0 saturated carbocycles. The largest absolute Gasteiger partial charge is 0.353 e. The molecule has 80 valence electrons. The van der Waals surface area contributed by atoms with Crippen LogP contribution in [0.5, 0.6) is 0 Å². The summed E-state index contributed by atoms with van der Waals surface area (Å²) in [6.07, 6.45) is 3.06. The van der Waals surface area contributed by atoms with E-state index in [1.807, 2.05) is 6.92 Å². The first-order valence-electron chi connectivity index (χ1n) is 5.29. The molecular weight excluding hydrogens is 164 g/mol. The molecule has 0 rings (SSSR count). The minimum Gasteiger partial charge on any atom is -0.353 e. The molecule has 0 aliphatic heterocycles. The van der Waals surface area contributed by atoms with Crippen LogP contribution in [0, 0.1) is 5.92 Å². The molecule has 0 N–H and O–H groups in total. The molecule has 0 aliphatic rings. The van der Waals surface area contributed by atoms with Gasteiger partial charge in [0.05, 0.1) is 0 Å². The van der Waals surface area contributed by atoms with Gasteiger partial charge in [-0.1, -0.05) is 27.2 Å². The van der Waals surface area contributed by atoms with E-state index in [2.05, 4.69) is 20.8 Å². The van der Waals surface area contributed by atoms with E-state index < -0.39 is 0 Å². The molecule has 0 aromatic carbocycles. The summed E-state index contributed by atoms with van der Waals surface area (Å²) in [6.45, 7) is 9.29. The molecule has 0 heterocycles. The molecule has 0 aromatic rings. The molecule has 0 spiro atoms. The van der Waals surface area contributed by atoms with Crippen molar-refractivity contribution in [1.29, 1.82) is 0 Å². The van der Waals surface area contributed by atoms with Crippen LogP contribution in [-0.2, 0) is 9.47 Å². The summed E-state index contributed by atoms with van der Waals surface area (Å²) in [6, 6.07) is 0. The maximum atomic E-state index is 5.71. The minimum absolute atomic E-state index is 0.336. The van der Waals surface area contributed by atoms with E-state index >= 15 is 0 Å². The van der Waals surface area contributed by atoms with Crippen molar-refractivity contribution in [3.8, 4) is 0 Å². The first-order valence-corrected chi connectivity index (χ1v) is 5.29. The summed E-state index contributed by atoms with van der Waals surface area (Å²) in [7, 11) is 1.74.